The van der Waals surface area contributed by atoms with E-state index in [4.69, 9.17) is 9.47 Å². The molecule has 0 bridgehead atoms. The fraction of sp³-hybridized carbons (Fsp3) is 0.462. The second-order valence-corrected chi connectivity index (χ2v) is 4.11. The fourth-order valence-corrected chi connectivity index (χ4v) is 2.02. The van der Waals surface area contributed by atoms with Crippen LogP contribution in [0.1, 0.15) is 10.4 Å². The van der Waals surface area contributed by atoms with Crippen molar-refractivity contribution in [2.45, 2.75) is 0 Å². The highest BCUT2D eigenvalue weighted by Gasteiger charge is 2.21. The van der Waals surface area contributed by atoms with Gasteiger partial charge in [0.1, 0.15) is 11.5 Å². The molecule has 0 unspecified atom stereocenters. The predicted molar refractivity (Wildman–Crippen MR) is 75.6 cm³/mol. The van der Waals surface area contributed by atoms with Gasteiger partial charge in [-0.3, -0.25) is 4.79 Å². The molecule has 1 heterocycles. The van der Waals surface area contributed by atoms with Crippen molar-refractivity contribution in [2.24, 2.45) is 0 Å². The summed E-state index contributed by atoms with van der Waals surface area (Å²) in [7, 11) is 3.15. The summed E-state index contributed by atoms with van der Waals surface area (Å²) in [6.07, 6.45) is 0. The van der Waals surface area contributed by atoms with Gasteiger partial charge in [-0.25, -0.2) is 0 Å². The Hall–Kier alpha value is -1.46. The maximum Gasteiger partial charge on any atom is 0.257 e. The van der Waals surface area contributed by atoms with Gasteiger partial charge in [-0.15, -0.1) is 12.4 Å². The molecule has 2 rings (SSSR count). The lowest BCUT2D eigenvalue weighted by atomic mass is 10.1. The first-order chi connectivity index (χ1) is 8.76. The minimum absolute atomic E-state index is 0. The number of rotatable bonds is 3. The first-order valence-electron chi connectivity index (χ1n) is 5.98. The number of halogens is 1. The van der Waals surface area contributed by atoms with E-state index in [2.05, 4.69) is 5.32 Å². The average molecular weight is 287 g/mol. The van der Waals surface area contributed by atoms with Gasteiger partial charge in [-0.05, 0) is 18.2 Å². The van der Waals surface area contributed by atoms with E-state index in [1.54, 1.807) is 32.4 Å². The van der Waals surface area contributed by atoms with Gasteiger partial charge in [0.05, 0.1) is 19.8 Å². The zero-order chi connectivity index (χ0) is 13.0. The highest BCUT2D eigenvalue weighted by Crippen LogP contribution is 2.25. The van der Waals surface area contributed by atoms with E-state index in [1.165, 1.54) is 0 Å². The van der Waals surface area contributed by atoms with Crippen molar-refractivity contribution >= 4 is 18.3 Å². The first-order valence-corrected chi connectivity index (χ1v) is 5.98. The average Bonchev–Trinajstić information content (AvgIpc) is 2.46. The van der Waals surface area contributed by atoms with Gasteiger partial charge >= 0.3 is 0 Å². The van der Waals surface area contributed by atoms with E-state index in [1.807, 2.05) is 4.90 Å². The second-order valence-electron chi connectivity index (χ2n) is 4.11. The summed E-state index contributed by atoms with van der Waals surface area (Å²) in [5.74, 6) is 1.24. The second kappa shape index (κ2) is 7.21. The number of nitrogens with zero attached hydrogens (tertiary/aromatic N) is 1. The van der Waals surface area contributed by atoms with Crippen molar-refractivity contribution in [3.05, 3.63) is 23.8 Å². The van der Waals surface area contributed by atoms with Crippen LogP contribution in [-0.4, -0.2) is 51.2 Å². The number of piperazine rings is 1. The minimum Gasteiger partial charge on any atom is -0.497 e. The number of amides is 1. The molecule has 1 aliphatic heterocycles. The summed E-state index contributed by atoms with van der Waals surface area (Å²) < 4.78 is 10.4. The number of carbonyl (C=O) groups is 1. The Labute approximate surface area is 119 Å². The lowest BCUT2D eigenvalue weighted by molar-refractivity contribution is 0.0732. The van der Waals surface area contributed by atoms with Gasteiger partial charge in [0, 0.05) is 26.2 Å². The maximum atomic E-state index is 12.4. The number of hydrogen-bond acceptors (Lipinski definition) is 4. The zero-order valence-corrected chi connectivity index (χ0v) is 12.0. The van der Waals surface area contributed by atoms with Crippen LogP contribution >= 0.6 is 12.4 Å². The monoisotopic (exact) mass is 286 g/mol. The van der Waals surface area contributed by atoms with Gasteiger partial charge < -0.3 is 19.7 Å². The Morgan fingerprint density at radius 2 is 1.89 bits per heavy atom. The van der Waals surface area contributed by atoms with Gasteiger partial charge in [-0.1, -0.05) is 0 Å². The summed E-state index contributed by atoms with van der Waals surface area (Å²) in [5, 5.41) is 3.22. The van der Waals surface area contributed by atoms with Crippen LogP contribution in [0.15, 0.2) is 18.2 Å². The molecule has 1 fully saturated rings. The SMILES string of the molecule is COc1ccc(OC)c(C(=O)N2CCNCC2)c1.Cl. The van der Waals surface area contributed by atoms with Gasteiger partial charge in [0.2, 0.25) is 0 Å². The Balaban J connectivity index is 0.00000180. The molecule has 0 spiro atoms. The molecule has 106 valence electrons. The highest BCUT2D eigenvalue weighted by atomic mass is 35.5. The van der Waals surface area contributed by atoms with Gasteiger partial charge in [0.25, 0.3) is 5.91 Å². The summed E-state index contributed by atoms with van der Waals surface area (Å²) in [4.78, 5) is 14.2. The van der Waals surface area contributed by atoms with Crippen molar-refractivity contribution < 1.29 is 14.3 Å². The number of nitrogens with one attached hydrogen (secondary N) is 1. The van der Waals surface area contributed by atoms with Crippen LogP contribution < -0.4 is 14.8 Å². The number of carbonyl (C=O) groups excluding carboxylic acids is 1. The van der Waals surface area contributed by atoms with Crippen molar-refractivity contribution in [3.8, 4) is 11.5 Å². The Kier molecular flexibility index (Phi) is 5.92. The molecule has 1 amide bonds. The maximum absolute atomic E-state index is 12.4. The lowest BCUT2D eigenvalue weighted by Gasteiger charge is -2.28. The third-order valence-electron chi connectivity index (χ3n) is 3.04. The fourth-order valence-electron chi connectivity index (χ4n) is 2.02. The van der Waals surface area contributed by atoms with Crippen LogP contribution in [0.3, 0.4) is 0 Å². The molecular weight excluding hydrogens is 268 g/mol. The normalized spacial score (nSPS) is 14.5. The molecule has 19 heavy (non-hydrogen) atoms. The van der Waals surface area contributed by atoms with Gasteiger partial charge in [-0.2, -0.15) is 0 Å². The van der Waals surface area contributed by atoms with E-state index in [0.29, 0.717) is 17.1 Å². The molecule has 1 saturated heterocycles. The van der Waals surface area contributed by atoms with Crippen molar-refractivity contribution in [1.29, 1.82) is 0 Å². The smallest absolute Gasteiger partial charge is 0.257 e. The van der Waals surface area contributed by atoms with Crippen LogP contribution in [0.2, 0.25) is 0 Å². The molecular formula is C13H19ClN2O3. The van der Waals surface area contributed by atoms with Crippen LogP contribution in [0, 0.1) is 0 Å². The predicted octanol–water partition coefficient (Wildman–Crippen LogP) is 1.17. The molecule has 0 aromatic heterocycles. The van der Waals surface area contributed by atoms with Gasteiger partial charge in [0.15, 0.2) is 0 Å². The van der Waals surface area contributed by atoms with E-state index in [-0.39, 0.29) is 18.3 Å². The topological polar surface area (TPSA) is 50.8 Å². The third kappa shape index (κ3) is 3.52. The van der Waals surface area contributed by atoms with Crippen molar-refractivity contribution in [3.63, 3.8) is 0 Å². The Morgan fingerprint density at radius 1 is 1.21 bits per heavy atom. The highest BCUT2D eigenvalue weighted by molar-refractivity contribution is 5.97. The molecule has 6 heteroatoms. The minimum atomic E-state index is -0.00718. The molecule has 1 aliphatic rings. The molecule has 0 atom stereocenters. The van der Waals surface area contributed by atoms with Crippen LogP contribution in [0.4, 0.5) is 0 Å². The standard InChI is InChI=1S/C13H18N2O3.ClH/c1-17-10-3-4-12(18-2)11(9-10)13(16)15-7-5-14-6-8-15;/h3-4,9,14H,5-8H2,1-2H3;1H. The Morgan fingerprint density at radius 3 is 2.47 bits per heavy atom. The summed E-state index contributed by atoms with van der Waals surface area (Å²) in [6.45, 7) is 3.11. The van der Waals surface area contributed by atoms with E-state index in [0.717, 1.165) is 26.2 Å². The number of hydrogen-bond donors (Lipinski definition) is 1. The molecule has 5 nitrogen and oxygen atoms in total. The molecule has 0 aliphatic carbocycles. The van der Waals surface area contributed by atoms with Crippen molar-refractivity contribution in [1.82, 2.24) is 10.2 Å². The van der Waals surface area contributed by atoms with Crippen LogP contribution in [0.5, 0.6) is 11.5 Å². The third-order valence-corrected chi connectivity index (χ3v) is 3.04. The lowest BCUT2D eigenvalue weighted by Crippen LogP contribution is -2.46. The molecule has 1 aromatic rings. The summed E-state index contributed by atoms with van der Waals surface area (Å²) in [5.41, 5.74) is 0.554. The Bertz CT molecular complexity index is 434. The summed E-state index contributed by atoms with van der Waals surface area (Å²) >= 11 is 0. The van der Waals surface area contributed by atoms with E-state index >= 15 is 0 Å². The largest absolute Gasteiger partial charge is 0.497 e. The van der Waals surface area contributed by atoms with Crippen LogP contribution in [0.25, 0.3) is 0 Å². The molecule has 0 radical (unpaired) electrons. The molecule has 1 N–H and O–H groups in total. The molecule has 1 aromatic carbocycles. The van der Waals surface area contributed by atoms with E-state index < -0.39 is 0 Å². The number of benzene rings is 1. The van der Waals surface area contributed by atoms with Crippen LogP contribution in [-0.2, 0) is 0 Å². The molecule has 0 saturated carbocycles. The number of ether oxygens (including phenoxy) is 2. The van der Waals surface area contributed by atoms with E-state index in [9.17, 15) is 4.79 Å². The first kappa shape index (κ1) is 15.6. The quantitative estimate of drug-likeness (QED) is 0.906. The summed E-state index contributed by atoms with van der Waals surface area (Å²) in [6, 6.07) is 5.27. The zero-order valence-electron chi connectivity index (χ0n) is 11.1. The number of methoxy groups -OCH3 is 2. The van der Waals surface area contributed by atoms with Crippen molar-refractivity contribution in [2.75, 3.05) is 40.4 Å².